The number of carbonyl (C=O) groups excluding carboxylic acids is 1. The minimum atomic E-state index is -0.0720. The predicted molar refractivity (Wildman–Crippen MR) is 85.0 cm³/mol. The van der Waals surface area contributed by atoms with E-state index in [0.29, 0.717) is 18.0 Å². The van der Waals surface area contributed by atoms with Crippen LogP contribution in [0.25, 0.3) is 0 Å². The molecular weight excluding hydrogens is 262 g/mol. The van der Waals surface area contributed by atoms with Crippen molar-refractivity contribution in [3.63, 3.8) is 0 Å². The van der Waals surface area contributed by atoms with Crippen molar-refractivity contribution in [1.82, 2.24) is 9.80 Å². The van der Waals surface area contributed by atoms with Gasteiger partial charge in [-0.1, -0.05) is 26.2 Å². The molecule has 1 aliphatic carbocycles. The van der Waals surface area contributed by atoms with E-state index < -0.39 is 0 Å². The van der Waals surface area contributed by atoms with Crippen LogP contribution in [0.15, 0.2) is 0 Å². The van der Waals surface area contributed by atoms with Crippen LogP contribution >= 0.6 is 0 Å². The summed E-state index contributed by atoms with van der Waals surface area (Å²) in [4.78, 5) is 17.6. The number of piperidine rings is 1. The molecule has 0 bridgehead atoms. The fourth-order valence-electron chi connectivity index (χ4n) is 4.44. The van der Waals surface area contributed by atoms with E-state index in [1.165, 1.54) is 19.3 Å². The van der Waals surface area contributed by atoms with Gasteiger partial charge in [-0.05, 0) is 45.2 Å². The zero-order valence-corrected chi connectivity index (χ0v) is 13.5. The Balaban J connectivity index is 1.55. The molecule has 2 heterocycles. The highest BCUT2D eigenvalue weighted by molar-refractivity contribution is 5.82. The van der Waals surface area contributed by atoms with E-state index in [4.69, 9.17) is 5.73 Å². The average Bonchev–Trinajstić information content (AvgIpc) is 2.97. The maximum atomic E-state index is 12.9. The van der Waals surface area contributed by atoms with Crippen molar-refractivity contribution in [1.29, 1.82) is 0 Å². The van der Waals surface area contributed by atoms with Crippen molar-refractivity contribution in [2.75, 3.05) is 26.2 Å². The molecule has 4 heteroatoms. The number of likely N-dealkylation sites (tertiary alicyclic amines) is 2. The fourth-order valence-corrected chi connectivity index (χ4v) is 4.44. The van der Waals surface area contributed by atoms with Crippen LogP contribution in [0.4, 0.5) is 0 Å². The second-order valence-electron chi connectivity index (χ2n) is 7.69. The Kier molecular flexibility index (Phi) is 4.55. The summed E-state index contributed by atoms with van der Waals surface area (Å²) >= 11 is 0. The molecule has 3 fully saturated rings. The summed E-state index contributed by atoms with van der Waals surface area (Å²) in [5, 5.41) is 0. The maximum Gasteiger partial charge on any atom is 0.228 e. The van der Waals surface area contributed by atoms with Gasteiger partial charge < -0.3 is 10.6 Å². The van der Waals surface area contributed by atoms with Gasteiger partial charge >= 0.3 is 0 Å². The van der Waals surface area contributed by atoms with Gasteiger partial charge in [0, 0.05) is 30.6 Å². The summed E-state index contributed by atoms with van der Waals surface area (Å²) in [6.07, 6.45) is 9.31. The first kappa shape index (κ1) is 15.3. The molecule has 21 heavy (non-hydrogen) atoms. The minimum Gasteiger partial charge on any atom is -0.341 e. The van der Waals surface area contributed by atoms with Crippen LogP contribution in [0, 0.1) is 5.41 Å². The Morgan fingerprint density at radius 1 is 1.05 bits per heavy atom. The standard InChI is InChI=1S/C17H31N3O/c1-17(8-3-2-4-9-17)16(21)20-12-7-15(13-20)19-10-5-14(18)6-11-19/h14-15H,2-13,18H2,1H3. The molecule has 0 radical (unpaired) electrons. The first-order valence-corrected chi connectivity index (χ1v) is 8.87. The summed E-state index contributed by atoms with van der Waals surface area (Å²) in [6, 6.07) is 0.968. The molecule has 1 unspecified atom stereocenters. The van der Waals surface area contributed by atoms with Crippen LogP contribution < -0.4 is 5.73 Å². The molecule has 1 atom stereocenters. The average molecular weight is 293 g/mol. The van der Waals surface area contributed by atoms with E-state index in [1.807, 2.05) is 0 Å². The van der Waals surface area contributed by atoms with Gasteiger partial charge in [-0.15, -0.1) is 0 Å². The van der Waals surface area contributed by atoms with Crippen molar-refractivity contribution >= 4 is 5.91 Å². The van der Waals surface area contributed by atoms with E-state index in [9.17, 15) is 4.79 Å². The molecule has 120 valence electrons. The number of amides is 1. The molecule has 4 nitrogen and oxygen atoms in total. The number of hydrogen-bond acceptors (Lipinski definition) is 3. The predicted octanol–water partition coefficient (Wildman–Crippen LogP) is 1.98. The van der Waals surface area contributed by atoms with E-state index >= 15 is 0 Å². The molecule has 0 spiro atoms. The van der Waals surface area contributed by atoms with E-state index in [-0.39, 0.29) is 5.41 Å². The van der Waals surface area contributed by atoms with Crippen molar-refractivity contribution < 1.29 is 4.79 Å². The Hall–Kier alpha value is -0.610. The summed E-state index contributed by atoms with van der Waals surface area (Å²) in [7, 11) is 0. The summed E-state index contributed by atoms with van der Waals surface area (Å²) in [5.74, 6) is 0.429. The maximum absolute atomic E-state index is 12.9. The smallest absolute Gasteiger partial charge is 0.228 e. The number of nitrogens with zero attached hydrogens (tertiary/aromatic N) is 2. The van der Waals surface area contributed by atoms with Crippen LogP contribution in [0.5, 0.6) is 0 Å². The lowest BCUT2D eigenvalue weighted by Gasteiger charge is -2.37. The lowest BCUT2D eigenvalue weighted by Crippen LogP contribution is -2.47. The topological polar surface area (TPSA) is 49.6 Å². The lowest BCUT2D eigenvalue weighted by molar-refractivity contribution is -0.142. The number of nitrogens with two attached hydrogens (primary N) is 1. The Labute approximate surface area is 129 Å². The quantitative estimate of drug-likeness (QED) is 0.847. The monoisotopic (exact) mass is 293 g/mol. The third kappa shape index (κ3) is 3.26. The third-order valence-electron chi connectivity index (χ3n) is 6.01. The first-order valence-electron chi connectivity index (χ1n) is 8.87. The van der Waals surface area contributed by atoms with Crippen molar-refractivity contribution in [3.8, 4) is 0 Å². The van der Waals surface area contributed by atoms with Crippen molar-refractivity contribution in [2.45, 2.75) is 70.4 Å². The second-order valence-corrected chi connectivity index (χ2v) is 7.69. The highest BCUT2D eigenvalue weighted by Gasteiger charge is 2.41. The van der Waals surface area contributed by atoms with Crippen LogP contribution in [-0.2, 0) is 4.79 Å². The van der Waals surface area contributed by atoms with Gasteiger partial charge in [-0.2, -0.15) is 0 Å². The Morgan fingerprint density at radius 3 is 2.38 bits per heavy atom. The van der Waals surface area contributed by atoms with E-state index in [1.54, 1.807) is 0 Å². The molecule has 2 aliphatic heterocycles. The zero-order chi connectivity index (χ0) is 14.9. The molecule has 0 aromatic rings. The Bertz CT molecular complexity index is 370. The number of rotatable bonds is 2. The van der Waals surface area contributed by atoms with Crippen LogP contribution in [0.1, 0.15) is 58.3 Å². The van der Waals surface area contributed by atoms with Gasteiger partial charge in [0.15, 0.2) is 0 Å². The van der Waals surface area contributed by atoms with Crippen LogP contribution in [0.2, 0.25) is 0 Å². The normalized spacial score (nSPS) is 31.5. The first-order chi connectivity index (χ1) is 10.1. The van der Waals surface area contributed by atoms with Gasteiger partial charge in [0.2, 0.25) is 5.91 Å². The van der Waals surface area contributed by atoms with Gasteiger partial charge in [0.25, 0.3) is 0 Å². The molecule has 0 aromatic carbocycles. The molecule has 1 saturated carbocycles. The van der Waals surface area contributed by atoms with Crippen LogP contribution in [-0.4, -0.2) is 54.0 Å². The number of carbonyl (C=O) groups is 1. The zero-order valence-electron chi connectivity index (χ0n) is 13.5. The van der Waals surface area contributed by atoms with Crippen LogP contribution in [0.3, 0.4) is 0 Å². The minimum absolute atomic E-state index is 0.0720. The largest absolute Gasteiger partial charge is 0.341 e. The fraction of sp³-hybridized carbons (Fsp3) is 0.941. The second kappa shape index (κ2) is 6.25. The van der Waals surface area contributed by atoms with Crippen molar-refractivity contribution in [3.05, 3.63) is 0 Å². The number of hydrogen-bond donors (Lipinski definition) is 1. The SMILES string of the molecule is CC1(C(=O)N2CCC(N3CCC(N)CC3)C2)CCCCC1. The molecule has 1 amide bonds. The van der Waals surface area contributed by atoms with Gasteiger partial charge in [-0.25, -0.2) is 0 Å². The molecule has 2 N–H and O–H groups in total. The molecular formula is C17H31N3O. The van der Waals surface area contributed by atoms with E-state index in [2.05, 4.69) is 16.7 Å². The highest BCUT2D eigenvalue weighted by atomic mass is 16.2. The summed E-state index contributed by atoms with van der Waals surface area (Å²) in [6.45, 7) is 6.34. The van der Waals surface area contributed by atoms with Gasteiger partial charge in [0.1, 0.15) is 0 Å². The van der Waals surface area contributed by atoms with Gasteiger partial charge in [0.05, 0.1) is 0 Å². The Morgan fingerprint density at radius 2 is 1.71 bits per heavy atom. The summed E-state index contributed by atoms with van der Waals surface area (Å²) in [5.41, 5.74) is 5.92. The molecule has 2 saturated heterocycles. The van der Waals surface area contributed by atoms with E-state index in [0.717, 1.165) is 58.3 Å². The summed E-state index contributed by atoms with van der Waals surface area (Å²) < 4.78 is 0. The van der Waals surface area contributed by atoms with Crippen molar-refractivity contribution in [2.24, 2.45) is 11.1 Å². The molecule has 3 aliphatic rings. The molecule has 3 rings (SSSR count). The molecule has 0 aromatic heterocycles. The highest BCUT2D eigenvalue weighted by Crippen LogP contribution is 2.38. The third-order valence-corrected chi connectivity index (χ3v) is 6.01. The lowest BCUT2D eigenvalue weighted by atomic mass is 9.74. The van der Waals surface area contributed by atoms with Gasteiger partial charge in [-0.3, -0.25) is 9.69 Å².